The van der Waals surface area contributed by atoms with Crippen LogP contribution in [0.2, 0.25) is 0 Å². The van der Waals surface area contributed by atoms with Crippen molar-refractivity contribution in [2.24, 2.45) is 0 Å². The number of pyridine rings is 1. The Kier molecular flexibility index (Phi) is 6.26. The van der Waals surface area contributed by atoms with Crippen molar-refractivity contribution in [3.63, 3.8) is 0 Å². The third-order valence-corrected chi connectivity index (χ3v) is 5.18. The summed E-state index contributed by atoms with van der Waals surface area (Å²) in [7, 11) is 0. The highest BCUT2D eigenvalue weighted by atomic mass is 19.1. The minimum absolute atomic E-state index is 0.143. The molecule has 0 bridgehead atoms. The number of hydrogen-bond acceptors (Lipinski definition) is 5. The molecule has 0 atom stereocenters. The first-order valence-electron chi connectivity index (χ1n) is 10.2. The molecule has 162 valence electrons. The highest BCUT2D eigenvalue weighted by molar-refractivity contribution is 5.56. The molecule has 0 aliphatic carbocycles. The van der Waals surface area contributed by atoms with Gasteiger partial charge in [0.25, 0.3) is 5.56 Å². The summed E-state index contributed by atoms with van der Waals surface area (Å²) in [5.41, 5.74) is 3.49. The third-order valence-electron chi connectivity index (χ3n) is 5.18. The molecule has 0 fully saturated rings. The van der Waals surface area contributed by atoms with Crippen LogP contribution in [0, 0.1) is 19.7 Å². The Labute approximate surface area is 185 Å². The number of H-pyrrole nitrogens is 1. The number of aryl methyl sites for hydroxylation is 1. The van der Waals surface area contributed by atoms with E-state index >= 15 is 0 Å². The van der Waals surface area contributed by atoms with E-state index in [1.54, 1.807) is 31.3 Å². The summed E-state index contributed by atoms with van der Waals surface area (Å²) in [5, 5.41) is 3.26. The van der Waals surface area contributed by atoms with Crippen LogP contribution in [0.3, 0.4) is 0 Å². The lowest BCUT2D eigenvalue weighted by molar-refractivity contribution is 0.300. The molecule has 4 aromatic rings. The van der Waals surface area contributed by atoms with Crippen molar-refractivity contribution in [1.29, 1.82) is 0 Å². The molecule has 0 aliphatic rings. The van der Waals surface area contributed by atoms with Crippen LogP contribution in [0.15, 0.2) is 71.7 Å². The molecule has 0 amide bonds. The number of aromatic amines is 1. The van der Waals surface area contributed by atoms with Crippen LogP contribution in [-0.4, -0.2) is 15.0 Å². The number of benzene rings is 2. The molecule has 4 rings (SSSR count). The number of ether oxygens (including phenoxy) is 1. The minimum Gasteiger partial charge on any atom is -0.489 e. The highest BCUT2D eigenvalue weighted by Gasteiger charge is 2.07. The maximum atomic E-state index is 13.7. The molecule has 0 aliphatic heterocycles. The molecule has 32 heavy (non-hydrogen) atoms. The first-order chi connectivity index (χ1) is 15.5. The average molecular weight is 430 g/mol. The van der Waals surface area contributed by atoms with E-state index in [4.69, 9.17) is 4.74 Å². The predicted octanol–water partition coefficient (Wildman–Crippen LogP) is 4.78. The van der Waals surface area contributed by atoms with Gasteiger partial charge in [-0.15, -0.1) is 0 Å². The van der Waals surface area contributed by atoms with Gasteiger partial charge in [-0.25, -0.2) is 14.4 Å². The topological polar surface area (TPSA) is 79.9 Å². The monoisotopic (exact) mass is 430 g/mol. The van der Waals surface area contributed by atoms with E-state index in [2.05, 4.69) is 20.3 Å². The van der Waals surface area contributed by atoms with Crippen LogP contribution in [0.25, 0.3) is 11.4 Å². The molecular formula is C25H23FN4O2. The second-order valence-corrected chi connectivity index (χ2v) is 7.43. The number of aromatic nitrogens is 3. The Morgan fingerprint density at radius 3 is 2.50 bits per heavy atom. The Hall–Kier alpha value is -4.00. The van der Waals surface area contributed by atoms with E-state index in [-0.39, 0.29) is 18.0 Å². The second-order valence-electron chi connectivity index (χ2n) is 7.43. The summed E-state index contributed by atoms with van der Waals surface area (Å²) >= 11 is 0. The zero-order valence-electron chi connectivity index (χ0n) is 17.9. The zero-order valence-corrected chi connectivity index (χ0v) is 17.9. The van der Waals surface area contributed by atoms with E-state index in [1.165, 1.54) is 6.07 Å². The lowest BCUT2D eigenvalue weighted by atomic mass is 10.2. The summed E-state index contributed by atoms with van der Waals surface area (Å²) in [5.74, 6) is 1.61. The third kappa shape index (κ3) is 5.00. The van der Waals surface area contributed by atoms with Gasteiger partial charge in [-0.2, -0.15) is 0 Å². The molecule has 0 radical (unpaired) electrons. The summed E-state index contributed by atoms with van der Waals surface area (Å²) in [6.45, 7) is 4.32. The minimum atomic E-state index is -0.272. The molecule has 0 saturated heterocycles. The number of anilines is 1. The number of nitrogens with zero attached hydrogens (tertiary/aromatic N) is 2. The van der Waals surface area contributed by atoms with Crippen molar-refractivity contribution in [3.8, 4) is 17.1 Å². The molecule has 0 unspecified atom stereocenters. The normalized spacial score (nSPS) is 10.7. The van der Waals surface area contributed by atoms with Gasteiger partial charge in [0, 0.05) is 35.1 Å². The molecular weight excluding hydrogens is 407 g/mol. The lowest BCUT2D eigenvalue weighted by Gasteiger charge is -2.10. The summed E-state index contributed by atoms with van der Waals surface area (Å²) < 4.78 is 19.3. The highest BCUT2D eigenvalue weighted by Crippen LogP contribution is 2.18. The van der Waals surface area contributed by atoms with Crippen molar-refractivity contribution in [3.05, 3.63) is 105 Å². The molecule has 2 aromatic heterocycles. The van der Waals surface area contributed by atoms with Crippen LogP contribution >= 0.6 is 0 Å². The van der Waals surface area contributed by atoms with Crippen LogP contribution in [0.4, 0.5) is 10.2 Å². The lowest BCUT2D eigenvalue weighted by Crippen LogP contribution is -2.14. The van der Waals surface area contributed by atoms with Crippen molar-refractivity contribution in [2.75, 3.05) is 5.32 Å². The van der Waals surface area contributed by atoms with E-state index in [9.17, 15) is 9.18 Å². The Balaban J connectivity index is 1.33. The Morgan fingerprint density at radius 2 is 1.81 bits per heavy atom. The van der Waals surface area contributed by atoms with E-state index in [0.29, 0.717) is 40.8 Å². The number of hydrogen-bond donors (Lipinski definition) is 2. The summed E-state index contributed by atoms with van der Waals surface area (Å²) in [4.78, 5) is 23.6. The second kappa shape index (κ2) is 9.43. The fourth-order valence-corrected chi connectivity index (χ4v) is 3.09. The van der Waals surface area contributed by atoms with Crippen LogP contribution in [0.1, 0.15) is 22.4 Å². The fourth-order valence-electron chi connectivity index (χ4n) is 3.09. The van der Waals surface area contributed by atoms with Gasteiger partial charge in [0.1, 0.15) is 29.8 Å². The Bertz CT molecular complexity index is 1270. The van der Waals surface area contributed by atoms with E-state index < -0.39 is 0 Å². The van der Waals surface area contributed by atoms with Gasteiger partial charge in [-0.3, -0.25) is 4.79 Å². The SMILES string of the molecule is Cc1nc(-c2ccc(NCc3ccc(OCc4ccccc4F)cc3)nc2)[nH]c(=O)c1C. The maximum absolute atomic E-state index is 13.7. The summed E-state index contributed by atoms with van der Waals surface area (Å²) in [6.07, 6.45) is 1.68. The molecule has 2 aromatic carbocycles. The van der Waals surface area contributed by atoms with Crippen LogP contribution < -0.4 is 15.6 Å². The molecule has 7 heteroatoms. The maximum Gasteiger partial charge on any atom is 0.254 e. The van der Waals surface area contributed by atoms with Crippen LogP contribution in [0.5, 0.6) is 5.75 Å². The molecule has 2 heterocycles. The first-order valence-corrected chi connectivity index (χ1v) is 10.2. The van der Waals surface area contributed by atoms with Gasteiger partial charge < -0.3 is 15.0 Å². The van der Waals surface area contributed by atoms with Gasteiger partial charge in [-0.05, 0) is 49.7 Å². The van der Waals surface area contributed by atoms with E-state index in [1.807, 2.05) is 43.3 Å². The number of rotatable bonds is 7. The van der Waals surface area contributed by atoms with Crippen molar-refractivity contribution in [2.45, 2.75) is 27.0 Å². The smallest absolute Gasteiger partial charge is 0.254 e. The van der Waals surface area contributed by atoms with Gasteiger partial charge in [0.15, 0.2) is 0 Å². The first kappa shape index (κ1) is 21.2. The average Bonchev–Trinajstić information content (AvgIpc) is 2.81. The van der Waals surface area contributed by atoms with Crippen LogP contribution in [-0.2, 0) is 13.2 Å². The fraction of sp³-hybridized carbons (Fsp3) is 0.160. The molecule has 2 N–H and O–H groups in total. The number of halogens is 1. The van der Waals surface area contributed by atoms with Crippen molar-refractivity contribution < 1.29 is 9.13 Å². The number of nitrogens with one attached hydrogen (secondary N) is 2. The molecule has 0 spiro atoms. The van der Waals surface area contributed by atoms with Gasteiger partial charge in [-0.1, -0.05) is 30.3 Å². The van der Waals surface area contributed by atoms with Crippen molar-refractivity contribution >= 4 is 5.82 Å². The van der Waals surface area contributed by atoms with Gasteiger partial charge >= 0.3 is 0 Å². The predicted molar refractivity (Wildman–Crippen MR) is 122 cm³/mol. The quantitative estimate of drug-likeness (QED) is 0.441. The van der Waals surface area contributed by atoms with Gasteiger partial charge in [0.2, 0.25) is 0 Å². The standard InChI is InChI=1S/C25H23FN4O2/c1-16-17(2)29-24(30-25(16)31)19-9-12-23(28-14-19)27-13-18-7-10-21(11-8-18)32-15-20-5-3-4-6-22(20)26/h3-12,14H,13,15H2,1-2H3,(H,27,28)(H,29,30,31). The van der Waals surface area contributed by atoms with Crippen molar-refractivity contribution in [1.82, 2.24) is 15.0 Å². The van der Waals surface area contributed by atoms with Gasteiger partial charge in [0.05, 0.1) is 0 Å². The zero-order chi connectivity index (χ0) is 22.5. The Morgan fingerprint density at radius 1 is 1.03 bits per heavy atom. The largest absolute Gasteiger partial charge is 0.489 e. The molecule has 6 nitrogen and oxygen atoms in total. The van der Waals surface area contributed by atoms with E-state index in [0.717, 1.165) is 11.1 Å². The summed E-state index contributed by atoms with van der Waals surface area (Å²) in [6, 6.07) is 17.9. The molecule has 0 saturated carbocycles.